The maximum atomic E-state index is 15.2. The summed E-state index contributed by atoms with van der Waals surface area (Å²) in [4.78, 5) is 0. The second kappa shape index (κ2) is 10.9. The average molecular weight is 481 g/mol. The molecular formula is C31H33N2OP. The van der Waals surface area contributed by atoms with Crippen molar-refractivity contribution in [2.24, 2.45) is 0 Å². The van der Waals surface area contributed by atoms with Crippen LogP contribution in [0.2, 0.25) is 0 Å². The van der Waals surface area contributed by atoms with Crippen molar-refractivity contribution < 1.29 is 4.57 Å². The molecule has 1 aromatic heterocycles. The number of allylic oxidation sites excluding steroid dienone is 1. The van der Waals surface area contributed by atoms with E-state index in [0.717, 1.165) is 51.3 Å². The number of aromatic nitrogens is 2. The molecule has 0 saturated heterocycles. The molecule has 0 saturated carbocycles. The maximum absolute atomic E-state index is 15.2. The van der Waals surface area contributed by atoms with Gasteiger partial charge in [0.1, 0.15) is 0 Å². The SMILES string of the molecule is CCC(=C=C(Cn1nc(-c2ccccc2C)cc1C)P(=O)(c1ccccc1)c1ccccc1)CC. The first-order chi connectivity index (χ1) is 17.0. The number of nitrogens with zero attached hydrogens (tertiary/aromatic N) is 2. The summed E-state index contributed by atoms with van der Waals surface area (Å²) in [7, 11) is -3.15. The molecular weight excluding hydrogens is 447 g/mol. The van der Waals surface area contributed by atoms with E-state index < -0.39 is 7.14 Å². The summed E-state index contributed by atoms with van der Waals surface area (Å²) < 4.78 is 17.2. The number of benzene rings is 3. The molecule has 0 N–H and O–H groups in total. The third-order valence-corrected chi connectivity index (χ3v) is 9.56. The van der Waals surface area contributed by atoms with Crippen LogP contribution in [-0.4, -0.2) is 9.78 Å². The third kappa shape index (κ3) is 5.17. The predicted octanol–water partition coefficient (Wildman–Crippen LogP) is 7.41. The summed E-state index contributed by atoms with van der Waals surface area (Å²) in [6.45, 7) is 8.85. The Morgan fingerprint density at radius 2 is 1.37 bits per heavy atom. The number of hydrogen-bond acceptors (Lipinski definition) is 2. The quantitative estimate of drug-likeness (QED) is 0.194. The summed E-state index contributed by atoms with van der Waals surface area (Å²) in [5, 5.41) is 7.40. The minimum absolute atomic E-state index is 0.419. The lowest BCUT2D eigenvalue weighted by atomic mass is 10.1. The summed E-state index contributed by atoms with van der Waals surface area (Å²) in [6, 6.07) is 30.1. The Labute approximate surface area is 209 Å². The van der Waals surface area contributed by atoms with Crippen LogP contribution in [0.15, 0.2) is 108 Å². The fraction of sp³-hybridized carbons (Fsp3) is 0.226. The molecule has 0 amide bonds. The lowest BCUT2D eigenvalue weighted by Gasteiger charge is -2.22. The van der Waals surface area contributed by atoms with E-state index in [1.54, 1.807) is 0 Å². The van der Waals surface area contributed by atoms with Gasteiger partial charge in [-0.3, -0.25) is 4.68 Å². The van der Waals surface area contributed by atoms with Crippen molar-refractivity contribution >= 4 is 17.8 Å². The van der Waals surface area contributed by atoms with Crippen molar-refractivity contribution in [3.05, 3.63) is 119 Å². The van der Waals surface area contributed by atoms with Gasteiger partial charge in [0.05, 0.1) is 17.6 Å². The third-order valence-electron chi connectivity index (χ3n) is 6.50. The molecule has 0 radical (unpaired) electrons. The minimum atomic E-state index is -3.15. The highest BCUT2D eigenvalue weighted by molar-refractivity contribution is 7.82. The number of aryl methyl sites for hydroxylation is 2. The highest BCUT2D eigenvalue weighted by Gasteiger charge is 2.32. The van der Waals surface area contributed by atoms with Crippen molar-refractivity contribution in [2.45, 2.75) is 47.1 Å². The van der Waals surface area contributed by atoms with E-state index in [2.05, 4.69) is 51.6 Å². The molecule has 0 aliphatic heterocycles. The fourth-order valence-electron chi connectivity index (χ4n) is 4.39. The van der Waals surface area contributed by atoms with Crippen LogP contribution >= 0.6 is 7.14 Å². The zero-order valence-electron chi connectivity index (χ0n) is 21.0. The van der Waals surface area contributed by atoms with Gasteiger partial charge in [0.15, 0.2) is 7.14 Å². The van der Waals surface area contributed by atoms with Gasteiger partial charge in [-0.2, -0.15) is 5.10 Å². The number of rotatable bonds is 8. The molecule has 3 aromatic carbocycles. The topological polar surface area (TPSA) is 34.9 Å². The Morgan fingerprint density at radius 1 is 0.829 bits per heavy atom. The molecule has 0 unspecified atom stereocenters. The van der Waals surface area contributed by atoms with E-state index in [-0.39, 0.29) is 0 Å². The van der Waals surface area contributed by atoms with Crippen molar-refractivity contribution in [3.8, 4) is 11.3 Å². The van der Waals surface area contributed by atoms with Gasteiger partial charge in [-0.25, -0.2) is 0 Å². The fourth-order valence-corrected chi connectivity index (χ4v) is 7.14. The predicted molar refractivity (Wildman–Crippen MR) is 148 cm³/mol. The Bertz CT molecular complexity index is 1360. The Hall–Kier alpha value is -3.38. The van der Waals surface area contributed by atoms with Crippen LogP contribution in [0.5, 0.6) is 0 Å². The van der Waals surface area contributed by atoms with E-state index in [1.165, 1.54) is 5.56 Å². The molecule has 0 atom stereocenters. The van der Waals surface area contributed by atoms with Crippen LogP contribution in [0, 0.1) is 13.8 Å². The van der Waals surface area contributed by atoms with Crippen molar-refractivity contribution in [1.82, 2.24) is 9.78 Å². The van der Waals surface area contributed by atoms with Gasteiger partial charge in [0.2, 0.25) is 0 Å². The number of hydrogen-bond donors (Lipinski definition) is 0. The summed E-state index contributed by atoms with van der Waals surface area (Å²) in [5.74, 6) is 0. The van der Waals surface area contributed by atoms with Gasteiger partial charge in [-0.15, -0.1) is 5.73 Å². The summed E-state index contributed by atoms with van der Waals surface area (Å²) >= 11 is 0. The van der Waals surface area contributed by atoms with Crippen LogP contribution in [-0.2, 0) is 11.1 Å². The van der Waals surface area contributed by atoms with Gasteiger partial charge in [-0.1, -0.05) is 98.8 Å². The van der Waals surface area contributed by atoms with E-state index in [1.807, 2.05) is 77.5 Å². The van der Waals surface area contributed by atoms with Gasteiger partial charge in [0.25, 0.3) is 0 Å². The van der Waals surface area contributed by atoms with Gasteiger partial charge in [0, 0.05) is 21.9 Å². The smallest absolute Gasteiger partial charge is 0.176 e. The standard InChI is InChI=1S/C31H33N2OP/c1-5-26(6-2)22-29(23-33-25(4)21-31(32-33)30-20-14-13-15-24(30)3)35(34,27-16-9-7-10-17-27)28-18-11-8-12-19-28/h7-21H,5-6,23H2,1-4H3. The van der Waals surface area contributed by atoms with Crippen LogP contribution in [0.4, 0.5) is 0 Å². The molecule has 0 spiro atoms. The molecule has 4 heteroatoms. The van der Waals surface area contributed by atoms with E-state index in [4.69, 9.17) is 5.10 Å². The molecule has 0 aliphatic rings. The molecule has 0 fully saturated rings. The Morgan fingerprint density at radius 3 is 1.91 bits per heavy atom. The largest absolute Gasteiger partial charge is 0.308 e. The molecule has 4 rings (SSSR count). The van der Waals surface area contributed by atoms with Gasteiger partial charge in [-0.05, 0) is 43.9 Å². The Kier molecular flexibility index (Phi) is 7.71. The maximum Gasteiger partial charge on any atom is 0.176 e. The molecule has 4 aromatic rings. The molecule has 0 aliphatic carbocycles. The van der Waals surface area contributed by atoms with Crippen molar-refractivity contribution in [2.75, 3.05) is 0 Å². The summed E-state index contributed by atoms with van der Waals surface area (Å²) in [5.41, 5.74) is 9.07. The highest BCUT2D eigenvalue weighted by atomic mass is 31.2. The molecule has 0 bridgehead atoms. The Balaban J connectivity index is 1.92. The first kappa shape index (κ1) is 24.7. The second-order valence-corrected chi connectivity index (χ2v) is 11.6. The van der Waals surface area contributed by atoms with Gasteiger partial charge < -0.3 is 4.57 Å². The lowest BCUT2D eigenvalue weighted by Crippen LogP contribution is -2.20. The highest BCUT2D eigenvalue weighted by Crippen LogP contribution is 2.52. The van der Waals surface area contributed by atoms with E-state index in [0.29, 0.717) is 6.54 Å². The zero-order chi connectivity index (χ0) is 24.8. The first-order valence-corrected chi connectivity index (χ1v) is 14.0. The van der Waals surface area contributed by atoms with Gasteiger partial charge >= 0.3 is 0 Å². The molecule has 35 heavy (non-hydrogen) atoms. The minimum Gasteiger partial charge on any atom is -0.308 e. The van der Waals surface area contributed by atoms with Crippen LogP contribution in [0.3, 0.4) is 0 Å². The normalized spacial score (nSPS) is 11.2. The molecule has 178 valence electrons. The lowest BCUT2D eigenvalue weighted by molar-refractivity contribution is 0.585. The second-order valence-electron chi connectivity index (χ2n) is 8.81. The first-order valence-electron chi connectivity index (χ1n) is 12.3. The zero-order valence-corrected chi connectivity index (χ0v) is 21.9. The van der Waals surface area contributed by atoms with Crippen LogP contribution in [0.1, 0.15) is 37.9 Å². The monoisotopic (exact) mass is 480 g/mol. The van der Waals surface area contributed by atoms with Crippen LogP contribution < -0.4 is 10.6 Å². The van der Waals surface area contributed by atoms with Crippen molar-refractivity contribution in [1.29, 1.82) is 0 Å². The van der Waals surface area contributed by atoms with Crippen LogP contribution in [0.25, 0.3) is 11.3 Å². The van der Waals surface area contributed by atoms with Crippen molar-refractivity contribution in [3.63, 3.8) is 0 Å². The average Bonchev–Trinajstić information content (AvgIpc) is 3.26. The summed E-state index contributed by atoms with van der Waals surface area (Å²) in [6.07, 6.45) is 1.74. The van der Waals surface area contributed by atoms with E-state index in [9.17, 15) is 0 Å². The van der Waals surface area contributed by atoms with E-state index >= 15 is 4.57 Å². The molecule has 1 heterocycles. The molecule has 3 nitrogen and oxygen atoms in total.